The maximum Gasteiger partial charge on any atom is 0.326 e. The molecule has 0 spiro atoms. The normalized spacial score (nSPS) is 14.8. The molecule has 1 saturated heterocycles. The highest BCUT2D eigenvalue weighted by molar-refractivity contribution is 9.10. The van der Waals surface area contributed by atoms with E-state index in [-0.39, 0.29) is 11.0 Å². The highest BCUT2D eigenvalue weighted by atomic mass is 79.9. The predicted molar refractivity (Wildman–Crippen MR) is 130 cm³/mol. The lowest BCUT2D eigenvalue weighted by molar-refractivity contribution is -0.149. The van der Waals surface area contributed by atoms with Crippen molar-refractivity contribution in [1.82, 2.24) is 4.90 Å². The third kappa shape index (κ3) is 6.52. The first kappa shape index (κ1) is 25.1. The molecule has 0 bridgehead atoms. The molecule has 0 aliphatic carbocycles. The fourth-order valence-corrected chi connectivity index (χ4v) is 4.45. The van der Waals surface area contributed by atoms with Crippen molar-refractivity contribution in [3.8, 4) is 11.5 Å². The molecule has 0 atom stereocenters. The van der Waals surface area contributed by atoms with E-state index >= 15 is 0 Å². The molecule has 1 aliphatic rings. The summed E-state index contributed by atoms with van der Waals surface area (Å²) in [7, 11) is 1.51. The summed E-state index contributed by atoms with van der Waals surface area (Å²) in [5.74, 6) is -0.248. The highest BCUT2D eigenvalue weighted by Gasteiger charge is 2.36. The van der Waals surface area contributed by atoms with Crippen LogP contribution in [-0.2, 0) is 20.9 Å². The summed E-state index contributed by atoms with van der Waals surface area (Å²) in [4.78, 5) is 37.9. The van der Waals surface area contributed by atoms with Gasteiger partial charge in [-0.3, -0.25) is 19.3 Å². The van der Waals surface area contributed by atoms with E-state index in [0.717, 1.165) is 22.2 Å². The Balaban J connectivity index is 1.77. The monoisotopic (exact) mass is 553 g/mol. The Hall–Kier alpha value is -2.49. The van der Waals surface area contributed by atoms with E-state index in [2.05, 4.69) is 15.9 Å². The number of carbonyl (C=O) groups is 3. The Morgan fingerprint density at radius 3 is 2.55 bits per heavy atom. The van der Waals surface area contributed by atoms with Gasteiger partial charge in [-0.2, -0.15) is 0 Å². The van der Waals surface area contributed by atoms with Crippen molar-refractivity contribution in [2.75, 3.05) is 13.7 Å². The van der Waals surface area contributed by atoms with Crippen LogP contribution in [0.1, 0.15) is 25.0 Å². The van der Waals surface area contributed by atoms with Crippen molar-refractivity contribution in [3.05, 3.63) is 61.9 Å². The molecule has 2 aromatic rings. The van der Waals surface area contributed by atoms with Crippen molar-refractivity contribution >= 4 is 62.5 Å². The van der Waals surface area contributed by atoms with Crippen LogP contribution in [-0.4, -0.2) is 41.8 Å². The minimum absolute atomic E-state index is 0.195. The number of carbonyl (C=O) groups excluding carboxylic acids is 3. The molecule has 1 fully saturated rings. The maximum absolute atomic E-state index is 12.7. The number of rotatable bonds is 8. The molecule has 3 rings (SSSR count). The van der Waals surface area contributed by atoms with E-state index in [1.54, 1.807) is 44.2 Å². The number of methoxy groups -OCH3 is 1. The molecule has 0 N–H and O–H groups in total. The summed E-state index contributed by atoms with van der Waals surface area (Å²) >= 11 is 10.2. The molecule has 7 nitrogen and oxygen atoms in total. The lowest BCUT2D eigenvalue weighted by atomic mass is 10.1. The Kier molecular flexibility index (Phi) is 8.45. The van der Waals surface area contributed by atoms with Crippen LogP contribution in [0.25, 0.3) is 6.08 Å². The van der Waals surface area contributed by atoms with Crippen molar-refractivity contribution in [3.63, 3.8) is 0 Å². The Morgan fingerprint density at radius 1 is 1.21 bits per heavy atom. The number of imide groups is 1. The molecule has 0 aromatic heterocycles. The molecule has 33 heavy (non-hydrogen) atoms. The van der Waals surface area contributed by atoms with E-state index in [1.165, 1.54) is 7.11 Å². The summed E-state index contributed by atoms with van der Waals surface area (Å²) in [5, 5.41) is 0.115. The second-order valence-electron chi connectivity index (χ2n) is 7.26. The van der Waals surface area contributed by atoms with Crippen LogP contribution in [0, 0.1) is 0 Å². The number of amides is 2. The topological polar surface area (TPSA) is 82.1 Å². The highest BCUT2D eigenvalue weighted by Crippen LogP contribution is 2.39. The van der Waals surface area contributed by atoms with Gasteiger partial charge in [0, 0.05) is 5.02 Å². The third-order valence-corrected chi connectivity index (χ3v) is 6.12. The molecular weight excluding hydrogens is 534 g/mol. The quantitative estimate of drug-likeness (QED) is 0.307. The zero-order valence-electron chi connectivity index (χ0n) is 18.1. The molecule has 0 unspecified atom stereocenters. The Labute approximate surface area is 209 Å². The molecular formula is C23H21BrClNO6S. The third-order valence-electron chi connectivity index (χ3n) is 4.37. The predicted octanol–water partition coefficient (Wildman–Crippen LogP) is 5.68. The largest absolute Gasteiger partial charge is 0.493 e. The summed E-state index contributed by atoms with van der Waals surface area (Å²) in [6, 6.07) is 10.7. The molecule has 1 heterocycles. The first-order valence-electron chi connectivity index (χ1n) is 9.87. The zero-order chi connectivity index (χ0) is 24.1. The van der Waals surface area contributed by atoms with Crippen LogP contribution in [0.2, 0.25) is 5.02 Å². The van der Waals surface area contributed by atoms with Crippen molar-refractivity contribution < 1.29 is 28.6 Å². The molecule has 174 valence electrons. The average Bonchev–Trinajstić information content (AvgIpc) is 3.00. The van der Waals surface area contributed by atoms with Crippen molar-refractivity contribution in [2.24, 2.45) is 0 Å². The molecule has 0 saturated carbocycles. The SMILES string of the molecule is COc1cc(/C=C2/SC(=O)N(CC(=O)OC(C)C)C2=O)cc(Br)c1OCc1ccc(Cl)cc1. The van der Waals surface area contributed by atoms with Gasteiger partial charge in [0.2, 0.25) is 0 Å². The Morgan fingerprint density at radius 2 is 1.91 bits per heavy atom. The van der Waals surface area contributed by atoms with Gasteiger partial charge in [-0.1, -0.05) is 23.7 Å². The van der Waals surface area contributed by atoms with Gasteiger partial charge >= 0.3 is 5.97 Å². The fraction of sp³-hybridized carbons (Fsp3) is 0.261. The first-order valence-corrected chi connectivity index (χ1v) is 11.9. The van der Waals surface area contributed by atoms with Gasteiger partial charge in [-0.25, -0.2) is 0 Å². The fourth-order valence-electron chi connectivity index (χ4n) is 2.92. The summed E-state index contributed by atoms with van der Waals surface area (Å²) in [6.45, 7) is 3.26. The molecule has 2 aromatic carbocycles. The van der Waals surface area contributed by atoms with Crippen LogP contribution in [0.15, 0.2) is 45.8 Å². The van der Waals surface area contributed by atoms with Crippen LogP contribution < -0.4 is 9.47 Å². The van der Waals surface area contributed by atoms with Crippen molar-refractivity contribution in [2.45, 2.75) is 26.6 Å². The second-order valence-corrected chi connectivity index (χ2v) is 9.54. The second kappa shape index (κ2) is 11.1. The van der Waals surface area contributed by atoms with Gasteiger partial charge in [0.15, 0.2) is 11.5 Å². The van der Waals surface area contributed by atoms with E-state index in [9.17, 15) is 14.4 Å². The summed E-state index contributed by atoms with van der Waals surface area (Å²) in [5.41, 5.74) is 1.55. The molecule has 1 aliphatic heterocycles. The van der Waals surface area contributed by atoms with Gasteiger partial charge in [0.1, 0.15) is 13.2 Å². The van der Waals surface area contributed by atoms with Crippen LogP contribution in [0.5, 0.6) is 11.5 Å². The number of halogens is 2. The van der Waals surface area contributed by atoms with Crippen molar-refractivity contribution in [1.29, 1.82) is 0 Å². The van der Waals surface area contributed by atoms with Gasteiger partial charge in [0.25, 0.3) is 11.1 Å². The van der Waals surface area contributed by atoms with E-state index < -0.39 is 23.7 Å². The summed E-state index contributed by atoms with van der Waals surface area (Å²) < 4.78 is 17.0. The van der Waals surface area contributed by atoms with E-state index in [1.807, 2.05) is 12.1 Å². The van der Waals surface area contributed by atoms with Crippen LogP contribution in [0.4, 0.5) is 4.79 Å². The van der Waals surface area contributed by atoms with E-state index in [0.29, 0.717) is 33.2 Å². The number of thioether (sulfide) groups is 1. The van der Waals surface area contributed by atoms with Gasteiger partial charge in [-0.15, -0.1) is 0 Å². The van der Waals surface area contributed by atoms with Crippen LogP contribution >= 0.6 is 39.3 Å². The minimum Gasteiger partial charge on any atom is -0.493 e. The zero-order valence-corrected chi connectivity index (χ0v) is 21.3. The molecule has 10 heteroatoms. The summed E-state index contributed by atoms with van der Waals surface area (Å²) in [6.07, 6.45) is 1.23. The minimum atomic E-state index is -0.639. The van der Waals surface area contributed by atoms with Gasteiger partial charge in [0.05, 0.1) is 22.6 Å². The molecule has 0 radical (unpaired) electrons. The number of ether oxygens (including phenoxy) is 3. The smallest absolute Gasteiger partial charge is 0.326 e. The van der Waals surface area contributed by atoms with Crippen LogP contribution in [0.3, 0.4) is 0 Å². The maximum atomic E-state index is 12.7. The lowest BCUT2D eigenvalue weighted by Crippen LogP contribution is -2.35. The standard InChI is InChI=1S/C23H21BrClNO6S/c1-13(2)32-20(27)11-26-22(28)19(33-23(26)29)10-15-8-17(24)21(18(9-15)30-3)31-12-14-4-6-16(25)7-5-14/h4-10,13H,11-12H2,1-3H3/b19-10+. The molecule has 2 amide bonds. The van der Waals surface area contributed by atoms with Gasteiger partial charge < -0.3 is 14.2 Å². The number of esters is 1. The number of hydrogen-bond acceptors (Lipinski definition) is 7. The lowest BCUT2D eigenvalue weighted by Gasteiger charge is -2.14. The van der Waals surface area contributed by atoms with E-state index in [4.69, 9.17) is 25.8 Å². The number of nitrogens with zero attached hydrogens (tertiary/aromatic N) is 1. The number of benzene rings is 2. The average molecular weight is 555 g/mol. The number of hydrogen-bond donors (Lipinski definition) is 0. The van der Waals surface area contributed by atoms with Gasteiger partial charge in [-0.05, 0) is 83.0 Å². The first-order chi connectivity index (χ1) is 15.7. The Bertz CT molecular complexity index is 1100.